The molecule has 0 radical (unpaired) electrons. The molecule has 0 spiro atoms. The highest BCUT2D eigenvalue weighted by Crippen LogP contribution is 2.26. The lowest BCUT2D eigenvalue weighted by atomic mass is 10.2. The molecule has 0 saturated carbocycles. The Morgan fingerprint density at radius 3 is 2.84 bits per heavy atom. The summed E-state index contributed by atoms with van der Waals surface area (Å²) in [6, 6.07) is 8.91. The zero-order valence-corrected chi connectivity index (χ0v) is 20.4. The first kappa shape index (κ1) is 26.9. The average Bonchev–Trinajstić information content (AvgIpc) is 3.32. The van der Waals surface area contributed by atoms with E-state index < -0.39 is 29.9 Å². The maximum Gasteiger partial charge on any atom is 0.246 e. The Kier molecular flexibility index (Phi) is 8.73. The Bertz CT molecular complexity index is 1400. The molecule has 0 saturated heterocycles. The standard InChI is InChI=1S/C25H27F2N7O4/c1-15(35)25(37)28-8-3-9-38-17-6-7-18-21(10-17)29-14-30-24(18)32-16-11-31-34(12-16)13-22(36)33-20-5-2-4-19(26)23(20)27/h2,4-7,10-12,14-15,25,28,35,37H,3,8-9,13H2,1H3,(H,33,36)(H,29,30,32). The van der Waals surface area contributed by atoms with Crippen molar-refractivity contribution in [2.75, 3.05) is 23.8 Å². The van der Waals surface area contributed by atoms with E-state index in [4.69, 9.17) is 4.74 Å². The molecule has 2 heterocycles. The van der Waals surface area contributed by atoms with Crippen LogP contribution in [0, 0.1) is 11.6 Å². The van der Waals surface area contributed by atoms with Crippen molar-refractivity contribution >= 4 is 34.0 Å². The number of anilines is 3. The molecule has 0 fully saturated rings. The van der Waals surface area contributed by atoms with Gasteiger partial charge >= 0.3 is 0 Å². The van der Waals surface area contributed by atoms with Crippen LogP contribution in [0.15, 0.2) is 55.1 Å². The third-order valence-corrected chi connectivity index (χ3v) is 5.44. The van der Waals surface area contributed by atoms with E-state index in [9.17, 15) is 23.8 Å². The minimum Gasteiger partial charge on any atom is -0.493 e. The van der Waals surface area contributed by atoms with Crippen LogP contribution in [0.4, 0.5) is 26.0 Å². The summed E-state index contributed by atoms with van der Waals surface area (Å²) in [5.41, 5.74) is 0.955. The number of aliphatic hydroxyl groups is 2. The molecule has 11 nitrogen and oxygen atoms in total. The van der Waals surface area contributed by atoms with Crippen LogP contribution in [0.3, 0.4) is 0 Å². The van der Waals surface area contributed by atoms with Crippen molar-refractivity contribution in [1.82, 2.24) is 25.1 Å². The van der Waals surface area contributed by atoms with Gasteiger partial charge in [0.1, 0.15) is 30.7 Å². The van der Waals surface area contributed by atoms with Gasteiger partial charge in [0.2, 0.25) is 5.91 Å². The normalized spacial score (nSPS) is 12.8. The van der Waals surface area contributed by atoms with E-state index in [0.29, 0.717) is 42.3 Å². The van der Waals surface area contributed by atoms with Crippen LogP contribution in [-0.4, -0.2) is 61.4 Å². The third kappa shape index (κ3) is 6.97. The van der Waals surface area contributed by atoms with E-state index in [1.807, 2.05) is 6.07 Å². The molecular formula is C25H27F2N7O4. The second-order valence-electron chi connectivity index (χ2n) is 8.44. The first-order chi connectivity index (χ1) is 18.3. The lowest BCUT2D eigenvalue weighted by Gasteiger charge is -2.15. The molecule has 200 valence electrons. The van der Waals surface area contributed by atoms with Crippen LogP contribution in [0.5, 0.6) is 5.75 Å². The first-order valence-corrected chi connectivity index (χ1v) is 11.8. The Hall–Kier alpha value is -4.20. The largest absolute Gasteiger partial charge is 0.493 e. The number of aromatic nitrogens is 4. The maximum absolute atomic E-state index is 13.8. The number of rotatable bonds is 12. The number of nitrogens with one attached hydrogen (secondary N) is 3. The highest BCUT2D eigenvalue weighted by Gasteiger charge is 2.13. The quantitative estimate of drug-likeness (QED) is 0.139. The Morgan fingerprint density at radius 2 is 2.03 bits per heavy atom. The summed E-state index contributed by atoms with van der Waals surface area (Å²) >= 11 is 0. The van der Waals surface area contributed by atoms with Crippen LogP contribution >= 0.6 is 0 Å². The number of ether oxygens (including phenoxy) is 1. The zero-order valence-electron chi connectivity index (χ0n) is 20.4. The van der Waals surface area contributed by atoms with Crippen LogP contribution in [-0.2, 0) is 11.3 Å². The lowest BCUT2D eigenvalue weighted by Crippen LogP contribution is -2.38. The van der Waals surface area contributed by atoms with Crippen molar-refractivity contribution < 1.29 is 28.5 Å². The van der Waals surface area contributed by atoms with Gasteiger partial charge in [0.05, 0.1) is 35.8 Å². The van der Waals surface area contributed by atoms with Gasteiger partial charge in [-0.2, -0.15) is 5.10 Å². The van der Waals surface area contributed by atoms with Gasteiger partial charge in [-0.3, -0.25) is 14.8 Å². The molecule has 0 aliphatic carbocycles. The molecule has 13 heteroatoms. The predicted molar refractivity (Wildman–Crippen MR) is 136 cm³/mol. The van der Waals surface area contributed by atoms with E-state index in [2.05, 4.69) is 31.0 Å². The number of halogens is 2. The van der Waals surface area contributed by atoms with Crippen molar-refractivity contribution in [1.29, 1.82) is 0 Å². The number of nitrogens with zero attached hydrogens (tertiary/aromatic N) is 4. The fourth-order valence-electron chi connectivity index (χ4n) is 3.50. The Morgan fingerprint density at radius 1 is 1.18 bits per heavy atom. The van der Waals surface area contributed by atoms with Crippen molar-refractivity contribution in [2.45, 2.75) is 32.2 Å². The topological polar surface area (TPSA) is 146 Å². The van der Waals surface area contributed by atoms with Gasteiger partial charge in [0, 0.05) is 24.2 Å². The SMILES string of the molecule is CC(O)C(O)NCCCOc1ccc2c(Nc3cnn(CC(=O)Nc4cccc(F)c4F)c3)ncnc2c1. The lowest BCUT2D eigenvalue weighted by molar-refractivity contribution is -0.116. The number of carbonyl (C=O) groups is 1. The number of hydrogen-bond acceptors (Lipinski definition) is 9. The van der Waals surface area contributed by atoms with Gasteiger partial charge in [0.15, 0.2) is 11.6 Å². The molecule has 4 aromatic rings. The number of benzene rings is 2. The molecule has 0 bridgehead atoms. The number of aliphatic hydroxyl groups excluding tert-OH is 2. The molecule has 0 aliphatic heterocycles. The summed E-state index contributed by atoms with van der Waals surface area (Å²) < 4.78 is 34.2. The molecule has 1 amide bonds. The number of amides is 1. The molecule has 0 aliphatic rings. The van der Waals surface area contributed by atoms with E-state index in [0.717, 1.165) is 11.5 Å². The average molecular weight is 528 g/mol. The van der Waals surface area contributed by atoms with Gasteiger partial charge < -0.3 is 25.6 Å². The molecule has 2 unspecified atom stereocenters. The number of fused-ring (bicyclic) bond motifs is 1. The number of hydrogen-bond donors (Lipinski definition) is 5. The van der Waals surface area contributed by atoms with Gasteiger partial charge in [-0.25, -0.2) is 18.7 Å². The van der Waals surface area contributed by atoms with Gasteiger partial charge in [-0.05, 0) is 37.6 Å². The maximum atomic E-state index is 13.8. The molecule has 38 heavy (non-hydrogen) atoms. The predicted octanol–water partition coefficient (Wildman–Crippen LogP) is 2.54. The second-order valence-corrected chi connectivity index (χ2v) is 8.44. The summed E-state index contributed by atoms with van der Waals surface area (Å²) in [6.45, 7) is 2.17. The number of carbonyl (C=O) groups excluding carboxylic acids is 1. The van der Waals surface area contributed by atoms with Crippen LogP contribution in [0.1, 0.15) is 13.3 Å². The fourth-order valence-corrected chi connectivity index (χ4v) is 3.50. The summed E-state index contributed by atoms with van der Waals surface area (Å²) in [5, 5.41) is 31.9. The minimum absolute atomic E-state index is 0.212. The monoisotopic (exact) mass is 527 g/mol. The second kappa shape index (κ2) is 12.4. The van der Waals surface area contributed by atoms with E-state index >= 15 is 0 Å². The summed E-state index contributed by atoms with van der Waals surface area (Å²) in [7, 11) is 0. The summed E-state index contributed by atoms with van der Waals surface area (Å²) in [4.78, 5) is 20.8. The fraction of sp³-hybridized carbons (Fsp3) is 0.280. The Labute approximate surface area is 216 Å². The minimum atomic E-state index is -1.13. The molecule has 2 aromatic heterocycles. The van der Waals surface area contributed by atoms with Gasteiger partial charge in [-0.1, -0.05) is 6.07 Å². The third-order valence-electron chi connectivity index (χ3n) is 5.44. The molecular weight excluding hydrogens is 500 g/mol. The molecule has 2 aromatic carbocycles. The van der Waals surface area contributed by atoms with Gasteiger partial charge in [0.25, 0.3) is 0 Å². The van der Waals surface area contributed by atoms with Crippen LogP contribution in [0.2, 0.25) is 0 Å². The van der Waals surface area contributed by atoms with Crippen molar-refractivity contribution in [3.05, 3.63) is 66.8 Å². The molecule has 4 rings (SSSR count). The highest BCUT2D eigenvalue weighted by molar-refractivity contribution is 5.92. The van der Waals surface area contributed by atoms with E-state index in [1.165, 1.54) is 36.3 Å². The Balaban J connectivity index is 1.33. The molecule has 2 atom stereocenters. The van der Waals surface area contributed by atoms with Crippen molar-refractivity contribution in [2.24, 2.45) is 0 Å². The summed E-state index contributed by atoms with van der Waals surface area (Å²) in [5.74, 6) is -1.61. The van der Waals surface area contributed by atoms with Crippen LogP contribution < -0.4 is 20.7 Å². The first-order valence-electron chi connectivity index (χ1n) is 11.8. The zero-order chi connectivity index (χ0) is 27.1. The van der Waals surface area contributed by atoms with E-state index in [-0.39, 0.29) is 12.2 Å². The van der Waals surface area contributed by atoms with Crippen LogP contribution in [0.25, 0.3) is 10.9 Å². The highest BCUT2D eigenvalue weighted by atomic mass is 19.2. The molecule has 5 N–H and O–H groups in total. The van der Waals surface area contributed by atoms with Gasteiger partial charge in [-0.15, -0.1) is 0 Å². The van der Waals surface area contributed by atoms with E-state index in [1.54, 1.807) is 18.3 Å². The summed E-state index contributed by atoms with van der Waals surface area (Å²) in [6.07, 6.45) is 3.27. The smallest absolute Gasteiger partial charge is 0.246 e. The van der Waals surface area contributed by atoms with Crippen molar-refractivity contribution in [3.63, 3.8) is 0 Å². The van der Waals surface area contributed by atoms with Crippen molar-refractivity contribution in [3.8, 4) is 5.75 Å².